The maximum Gasteiger partial charge on any atom is 0.139 e. The summed E-state index contributed by atoms with van der Waals surface area (Å²) in [6, 6.07) is 4.19. The van der Waals surface area contributed by atoms with Gasteiger partial charge >= 0.3 is 0 Å². The zero-order valence-corrected chi connectivity index (χ0v) is 15.0. The molecule has 126 valence electrons. The van der Waals surface area contributed by atoms with Crippen LogP contribution in [0.2, 0.25) is 0 Å². The van der Waals surface area contributed by atoms with Gasteiger partial charge in [0.15, 0.2) is 0 Å². The Morgan fingerprint density at radius 3 is 2.61 bits per heavy atom. The van der Waals surface area contributed by atoms with Crippen LogP contribution in [-0.2, 0) is 11.2 Å². The van der Waals surface area contributed by atoms with E-state index < -0.39 is 0 Å². The fourth-order valence-corrected chi connectivity index (χ4v) is 5.49. The van der Waals surface area contributed by atoms with Crippen LogP contribution in [0.4, 0.5) is 0 Å². The first-order valence-electron chi connectivity index (χ1n) is 9.36. The molecule has 0 spiro atoms. The lowest BCUT2D eigenvalue weighted by Gasteiger charge is -2.48. The van der Waals surface area contributed by atoms with E-state index in [1.165, 1.54) is 17.5 Å². The topological polar surface area (TPSA) is 37.3 Å². The summed E-state index contributed by atoms with van der Waals surface area (Å²) in [4.78, 5) is 12.3. The van der Waals surface area contributed by atoms with Crippen LogP contribution in [-0.4, -0.2) is 10.9 Å². The van der Waals surface area contributed by atoms with E-state index in [0.717, 1.165) is 37.7 Å². The molecule has 0 aromatic heterocycles. The first-order valence-corrected chi connectivity index (χ1v) is 9.36. The number of Topliss-reactive ketones (excluding diaryl/α,β-unsaturated/α-hetero) is 1. The standard InChI is InChI=1S/C19H24O2.C2H6/c1-11-9-15-12(10-17(11)20)3-4-14-13(15)7-8-19(2)16(14)5-6-18(19)21;1-2/h9-10,13-14,16,20H,3-8H2,1-2H3;1-2H3. The SMILES string of the molecule is CC.Cc1cc2c(cc1O)CCC1C2CCC2(C)C(=O)CCC12. The first-order chi connectivity index (χ1) is 11.0. The van der Waals surface area contributed by atoms with E-state index in [9.17, 15) is 9.90 Å². The van der Waals surface area contributed by atoms with Crippen LogP contribution in [0.5, 0.6) is 5.75 Å². The number of phenolic OH excluding ortho intramolecular Hbond substituents is 1. The maximum absolute atomic E-state index is 12.3. The van der Waals surface area contributed by atoms with E-state index in [0.29, 0.717) is 29.3 Å². The van der Waals surface area contributed by atoms with Crippen LogP contribution in [0.1, 0.15) is 75.5 Å². The van der Waals surface area contributed by atoms with Gasteiger partial charge in [0.1, 0.15) is 11.5 Å². The van der Waals surface area contributed by atoms with Gasteiger partial charge in [0.05, 0.1) is 0 Å². The number of ketones is 1. The molecule has 4 unspecified atom stereocenters. The summed E-state index contributed by atoms with van der Waals surface area (Å²) in [6.07, 6.45) is 6.34. The summed E-state index contributed by atoms with van der Waals surface area (Å²) >= 11 is 0. The van der Waals surface area contributed by atoms with Gasteiger partial charge in [0.2, 0.25) is 0 Å². The molecule has 0 radical (unpaired) electrons. The fourth-order valence-electron chi connectivity index (χ4n) is 5.49. The highest BCUT2D eigenvalue weighted by Gasteiger charge is 2.54. The van der Waals surface area contributed by atoms with E-state index in [1.54, 1.807) is 0 Å². The van der Waals surface area contributed by atoms with Gasteiger partial charge in [-0.1, -0.05) is 26.8 Å². The van der Waals surface area contributed by atoms with Crippen molar-refractivity contribution in [3.63, 3.8) is 0 Å². The van der Waals surface area contributed by atoms with Gasteiger partial charge in [0, 0.05) is 11.8 Å². The zero-order chi connectivity index (χ0) is 16.8. The second-order valence-electron chi connectivity index (χ2n) is 7.67. The number of aryl methyl sites for hydroxylation is 2. The molecule has 2 fully saturated rings. The normalized spacial score (nSPS) is 34.8. The number of phenols is 1. The number of rotatable bonds is 0. The minimum absolute atomic E-state index is 0.0371. The third kappa shape index (κ3) is 2.42. The van der Waals surface area contributed by atoms with E-state index >= 15 is 0 Å². The first kappa shape index (κ1) is 16.5. The molecule has 1 aromatic rings. The maximum atomic E-state index is 12.3. The van der Waals surface area contributed by atoms with Gasteiger partial charge in [0.25, 0.3) is 0 Å². The van der Waals surface area contributed by atoms with Crippen molar-refractivity contribution < 1.29 is 9.90 Å². The summed E-state index contributed by atoms with van der Waals surface area (Å²) in [5.41, 5.74) is 3.76. The summed E-state index contributed by atoms with van der Waals surface area (Å²) in [5.74, 6) is 2.82. The summed E-state index contributed by atoms with van der Waals surface area (Å²) < 4.78 is 0. The van der Waals surface area contributed by atoms with Crippen molar-refractivity contribution in [3.05, 3.63) is 28.8 Å². The van der Waals surface area contributed by atoms with E-state index in [2.05, 4.69) is 13.0 Å². The lowest BCUT2D eigenvalue weighted by molar-refractivity contribution is -0.129. The van der Waals surface area contributed by atoms with E-state index in [-0.39, 0.29) is 5.41 Å². The van der Waals surface area contributed by atoms with Crippen LogP contribution in [0.3, 0.4) is 0 Å². The van der Waals surface area contributed by atoms with Gasteiger partial charge in [-0.3, -0.25) is 4.79 Å². The molecule has 4 atom stereocenters. The molecule has 23 heavy (non-hydrogen) atoms. The number of benzene rings is 1. The minimum Gasteiger partial charge on any atom is -0.508 e. The molecule has 0 amide bonds. The largest absolute Gasteiger partial charge is 0.508 e. The summed E-state index contributed by atoms with van der Waals surface area (Å²) in [6.45, 7) is 8.21. The van der Waals surface area contributed by atoms with Crippen molar-refractivity contribution in [2.24, 2.45) is 17.3 Å². The van der Waals surface area contributed by atoms with E-state index in [1.807, 2.05) is 26.8 Å². The quantitative estimate of drug-likeness (QED) is 0.719. The van der Waals surface area contributed by atoms with Crippen LogP contribution < -0.4 is 0 Å². The van der Waals surface area contributed by atoms with Gasteiger partial charge in [-0.25, -0.2) is 0 Å². The average molecular weight is 314 g/mol. The lowest BCUT2D eigenvalue weighted by Crippen LogP contribution is -2.42. The molecule has 1 N–H and O–H groups in total. The molecular formula is C21H30O2. The molecule has 3 aliphatic carbocycles. The summed E-state index contributed by atoms with van der Waals surface area (Å²) in [5, 5.41) is 9.95. The third-order valence-electron chi connectivity index (χ3n) is 6.75. The molecular weight excluding hydrogens is 284 g/mol. The Kier molecular flexibility index (Phi) is 4.29. The summed E-state index contributed by atoms with van der Waals surface area (Å²) in [7, 11) is 0. The molecule has 0 heterocycles. The molecule has 1 aromatic carbocycles. The van der Waals surface area contributed by atoms with Crippen molar-refractivity contribution >= 4 is 5.78 Å². The Morgan fingerprint density at radius 2 is 1.87 bits per heavy atom. The highest BCUT2D eigenvalue weighted by molar-refractivity contribution is 5.87. The Morgan fingerprint density at radius 1 is 1.13 bits per heavy atom. The molecule has 2 saturated carbocycles. The number of carbonyl (C=O) groups excluding carboxylic acids is 1. The fraction of sp³-hybridized carbons (Fsp3) is 0.667. The lowest BCUT2D eigenvalue weighted by atomic mass is 9.55. The Balaban J connectivity index is 0.000000753. The average Bonchev–Trinajstić information content (AvgIpc) is 2.86. The minimum atomic E-state index is -0.0371. The van der Waals surface area contributed by atoms with Crippen molar-refractivity contribution in [2.75, 3.05) is 0 Å². The molecule has 2 heteroatoms. The molecule has 2 nitrogen and oxygen atoms in total. The molecule has 0 aliphatic heterocycles. The molecule has 3 aliphatic rings. The van der Waals surface area contributed by atoms with Gasteiger partial charge in [-0.2, -0.15) is 0 Å². The number of carbonyl (C=O) groups is 1. The smallest absolute Gasteiger partial charge is 0.139 e. The number of fused-ring (bicyclic) bond motifs is 5. The van der Waals surface area contributed by atoms with Crippen molar-refractivity contribution in [1.29, 1.82) is 0 Å². The number of hydrogen-bond acceptors (Lipinski definition) is 2. The third-order valence-corrected chi connectivity index (χ3v) is 6.75. The predicted octanol–water partition coefficient (Wildman–Crippen LogP) is 5.15. The van der Waals surface area contributed by atoms with Gasteiger partial charge < -0.3 is 5.11 Å². The Hall–Kier alpha value is -1.31. The second-order valence-corrected chi connectivity index (χ2v) is 7.67. The highest BCUT2D eigenvalue weighted by Crippen LogP contribution is 2.59. The monoisotopic (exact) mass is 314 g/mol. The molecule has 0 bridgehead atoms. The van der Waals surface area contributed by atoms with Crippen LogP contribution in [0, 0.1) is 24.2 Å². The van der Waals surface area contributed by atoms with Crippen LogP contribution in [0.15, 0.2) is 12.1 Å². The molecule has 0 saturated heterocycles. The Labute approximate surface area is 140 Å². The van der Waals surface area contributed by atoms with Crippen LogP contribution in [0.25, 0.3) is 0 Å². The van der Waals surface area contributed by atoms with Crippen LogP contribution >= 0.6 is 0 Å². The Bertz CT molecular complexity index is 619. The van der Waals surface area contributed by atoms with Gasteiger partial charge in [-0.05, 0) is 79.5 Å². The van der Waals surface area contributed by atoms with Crippen molar-refractivity contribution in [1.82, 2.24) is 0 Å². The second kappa shape index (κ2) is 5.96. The van der Waals surface area contributed by atoms with E-state index in [4.69, 9.17) is 0 Å². The molecule has 4 rings (SSSR count). The number of aromatic hydroxyl groups is 1. The predicted molar refractivity (Wildman–Crippen MR) is 93.8 cm³/mol. The number of hydrogen-bond donors (Lipinski definition) is 1. The van der Waals surface area contributed by atoms with Crippen molar-refractivity contribution in [2.45, 2.75) is 72.1 Å². The zero-order valence-electron chi connectivity index (χ0n) is 15.0. The highest BCUT2D eigenvalue weighted by atomic mass is 16.3. The van der Waals surface area contributed by atoms with Gasteiger partial charge in [-0.15, -0.1) is 0 Å². The van der Waals surface area contributed by atoms with Crippen molar-refractivity contribution in [3.8, 4) is 5.75 Å².